The molecule has 5 N–H and O–H groups in total. The third kappa shape index (κ3) is 3.85. The van der Waals surface area contributed by atoms with Gasteiger partial charge >= 0.3 is 0 Å². The molecule has 2 aliphatic rings. The molecule has 2 saturated heterocycles. The average Bonchev–Trinajstić information content (AvgIpc) is 2.65. The summed E-state index contributed by atoms with van der Waals surface area (Å²) in [6, 6.07) is 6.96. The van der Waals surface area contributed by atoms with Crippen LogP contribution in [0.3, 0.4) is 0 Å². The zero-order valence-electron chi connectivity index (χ0n) is 13.8. The van der Waals surface area contributed by atoms with Crippen LogP contribution in [-0.4, -0.2) is 79.3 Å². The first-order valence-corrected chi connectivity index (χ1v) is 9.77. The van der Waals surface area contributed by atoms with E-state index in [1.807, 2.05) is 0 Å². The summed E-state index contributed by atoms with van der Waals surface area (Å²) < 4.78 is 5.09. The highest BCUT2D eigenvalue weighted by Gasteiger charge is 2.51. The lowest BCUT2D eigenvalue weighted by atomic mass is 10.00. The Morgan fingerprint density at radius 2 is 1.96 bits per heavy atom. The van der Waals surface area contributed by atoms with Gasteiger partial charge in [-0.3, -0.25) is 4.79 Å². The van der Waals surface area contributed by atoms with Crippen LogP contribution in [0.5, 0.6) is 5.75 Å². The van der Waals surface area contributed by atoms with Crippen molar-refractivity contribution in [3.63, 3.8) is 0 Å². The number of methoxy groups -OCH3 is 1. The molecule has 0 spiro atoms. The Morgan fingerprint density at radius 1 is 1.27 bits per heavy atom. The van der Waals surface area contributed by atoms with Crippen LogP contribution in [0.15, 0.2) is 29.3 Å². The van der Waals surface area contributed by atoms with Gasteiger partial charge in [0, 0.05) is 0 Å². The van der Waals surface area contributed by atoms with Gasteiger partial charge in [0.15, 0.2) is 5.17 Å². The van der Waals surface area contributed by atoms with Gasteiger partial charge in [-0.15, -0.1) is 11.8 Å². The van der Waals surface area contributed by atoms with Crippen LogP contribution in [0, 0.1) is 0 Å². The van der Waals surface area contributed by atoms with Crippen molar-refractivity contribution in [2.45, 2.75) is 34.1 Å². The number of fused-ring (bicyclic) bond motifs is 1. The van der Waals surface area contributed by atoms with Crippen molar-refractivity contribution in [3.8, 4) is 5.75 Å². The summed E-state index contributed by atoms with van der Waals surface area (Å²) in [6.07, 6.45) is -3.72. The standard InChI is InChI=1S/C16H20N2O6S2/c1-24-8-4-2-7(3-5-8)17-16-18-15(23)14-13(26-16)11(22)10(21)12(25-14)9(20)6-19/h2-5,9-14,19-22H,6H2,1H3,(H,17,18,23)/t9-,10-,11-,12+,13-,14+/m0/s1. The first kappa shape index (κ1) is 19.5. The summed E-state index contributed by atoms with van der Waals surface area (Å²) in [5.74, 6) is 0.331. The van der Waals surface area contributed by atoms with Gasteiger partial charge < -0.3 is 30.5 Å². The second-order valence-electron chi connectivity index (χ2n) is 5.94. The molecule has 0 bridgehead atoms. The number of aliphatic imine (C=N–C) groups is 1. The minimum atomic E-state index is -1.26. The van der Waals surface area contributed by atoms with Gasteiger partial charge in [-0.25, -0.2) is 4.99 Å². The summed E-state index contributed by atoms with van der Waals surface area (Å²) in [6.45, 7) is -0.558. The summed E-state index contributed by atoms with van der Waals surface area (Å²) >= 11 is 2.23. The zero-order valence-corrected chi connectivity index (χ0v) is 15.5. The van der Waals surface area contributed by atoms with Crippen molar-refractivity contribution in [2.24, 2.45) is 4.99 Å². The van der Waals surface area contributed by atoms with Gasteiger partial charge in [0.05, 0.1) is 53.5 Å². The van der Waals surface area contributed by atoms with E-state index in [0.717, 1.165) is 11.8 Å². The van der Waals surface area contributed by atoms with Crippen LogP contribution in [-0.2, 0) is 4.79 Å². The van der Waals surface area contributed by atoms with E-state index >= 15 is 0 Å². The number of hydrogen-bond donors (Lipinski definition) is 5. The van der Waals surface area contributed by atoms with Crippen LogP contribution in [0.4, 0.5) is 5.69 Å². The first-order valence-electron chi connectivity index (χ1n) is 7.95. The molecule has 2 heterocycles. The van der Waals surface area contributed by atoms with Crippen LogP contribution >= 0.6 is 23.5 Å². The number of nitrogens with one attached hydrogen (secondary N) is 1. The minimum Gasteiger partial charge on any atom is -0.497 e. The Balaban J connectivity index is 1.79. The average molecular weight is 400 g/mol. The third-order valence-corrected chi connectivity index (χ3v) is 7.35. The van der Waals surface area contributed by atoms with Crippen molar-refractivity contribution in [2.75, 3.05) is 13.7 Å². The zero-order chi connectivity index (χ0) is 18.8. The maximum Gasteiger partial charge on any atom is 0.240 e. The number of thioether (sulfide) groups is 2. The molecule has 2 fully saturated rings. The Bertz CT molecular complexity index is 686. The second kappa shape index (κ2) is 8.15. The van der Waals surface area contributed by atoms with Crippen molar-refractivity contribution >= 4 is 40.3 Å². The van der Waals surface area contributed by atoms with Crippen LogP contribution < -0.4 is 10.1 Å². The summed E-state index contributed by atoms with van der Waals surface area (Å²) in [7, 11) is 1.56. The largest absolute Gasteiger partial charge is 0.497 e. The number of aliphatic hydroxyl groups is 4. The highest BCUT2D eigenvalue weighted by atomic mass is 32.2. The van der Waals surface area contributed by atoms with Gasteiger partial charge in [0.25, 0.3) is 0 Å². The number of benzene rings is 1. The Hall–Kier alpha value is -1.30. The fraction of sp³-hybridized carbons (Fsp3) is 0.500. The summed E-state index contributed by atoms with van der Waals surface area (Å²) in [5, 5.41) is 40.5. The van der Waals surface area contributed by atoms with E-state index in [9.17, 15) is 20.1 Å². The van der Waals surface area contributed by atoms with Crippen LogP contribution in [0.2, 0.25) is 0 Å². The number of carbonyl (C=O) groups is 1. The van der Waals surface area contributed by atoms with E-state index in [2.05, 4.69) is 10.3 Å². The number of rotatable bonds is 4. The van der Waals surface area contributed by atoms with E-state index < -0.39 is 40.7 Å². The lowest BCUT2D eigenvalue weighted by Gasteiger charge is -2.44. The molecule has 0 aromatic heterocycles. The predicted molar refractivity (Wildman–Crippen MR) is 99.9 cm³/mol. The van der Waals surface area contributed by atoms with Gasteiger partial charge in [-0.2, -0.15) is 0 Å². The van der Waals surface area contributed by atoms with Crippen molar-refractivity contribution < 1.29 is 30.0 Å². The lowest BCUT2D eigenvalue weighted by molar-refractivity contribution is -0.120. The van der Waals surface area contributed by atoms with Crippen LogP contribution in [0.1, 0.15) is 0 Å². The van der Waals surface area contributed by atoms with E-state index in [0.29, 0.717) is 16.6 Å². The Kier molecular flexibility index (Phi) is 6.10. The second-order valence-corrected chi connectivity index (χ2v) is 8.43. The maximum atomic E-state index is 12.5. The fourth-order valence-corrected chi connectivity index (χ4v) is 5.73. The van der Waals surface area contributed by atoms with E-state index in [1.54, 1.807) is 31.4 Å². The molecule has 1 aromatic carbocycles. The van der Waals surface area contributed by atoms with E-state index in [-0.39, 0.29) is 5.91 Å². The molecule has 26 heavy (non-hydrogen) atoms. The predicted octanol–water partition coefficient (Wildman–Crippen LogP) is -0.527. The Morgan fingerprint density at radius 3 is 2.58 bits per heavy atom. The highest BCUT2D eigenvalue weighted by molar-refractivity contribution is 8.15. The number of hydrogen-bond acceptors (Lipinski definition) is 9. The van der Waals surface area contributed by atoms with Crippen molar-refractivity contribution in [1.82, 2.24) is 5.32 Å². The molecule has 2 aliphatic heterocycles. The van der Waals surface area contributed by atoms with E-state index in [4.69, 9.17) is 9.84 Å². The number of carbonyl (C=O) groups excluding carboxylic acids is 1. The van der Waals surface area contributed by atoms with Gasteiger partial charge in [-0.05, 0) is 24.3 Å². The molecule has 0 aliphatic carbocycles. The lowest BCUT2D eigenvalue weighted by Crippen LogP contribution is -2.62. The molecule has 0 radical (unpaired) electrons. The molecule has 1 amide bonds. The quantitative estimate of drug-likeness (QED) is 0.456. The third-order valence-electron chi connectivity index (χ3n) is 4.23. The Labute approximate surface area is 158 Å². The molecule has 6 atom stereocenters. The molecular weight excluding hydrogens is 380 g/mol. The van der Waals surface area contributed by atoms with Gasteiger partial charge in [-0.1, -0.05) is 11.8 Å². The number of amidine groups is 1. The van der Waals surface area contributed by atoms with Crippen molar-refractivity contribution in [1.29, 1.82) is 0 Å². The molecule has 0 unspecified atom stereocenters. The normalized spacial score (nSPS) is 34.1. The molecule has 0 saturated carbocycles. The number of aliphatic hydroxyl groups excluding tert-OH is 4. The highest BCUT2D eigenvalue weighted by Crippen LogP contribution is 2.42. The molecule has 8 nitrogen and oxygen atoms in total. The molecular formula is C16H20N2O6S2. The maximum absolute atomic E-state index is 12.5. The number of amides is 1. The van der Waals surface area contributed by atoms with Crippen molar-refractivity contribution in [3.05, 3.63) is 24.3 Å². The summed E-state index contributed by atoms with van der Waals surface area (Å²) in [5.41, 5.74) is 0.610. The monoisotopic (exact) mass is 400 g/mol. The molecule has 3 rings (SSSR count). The first-order chi connectivity index (χ1) is 12.4. The molecule has 142 valence electrons. The summed E-state index contributed by atoms with van der Waals surface area (Å²) in [4.78, 5) is 16.8. The van der Waals surface area contributed by atoms with Crippen LogP contribution in [0.25, 0.3) is 0 Å². The van der Waals surface area contributed by atoms with Gasteiger partial charge in [0.2, 0.25) is 5.91 Å². The number of ether oxygens (including phenoxy) is 1. The fourth-order valence-electron chi connectivity index (χ4n) is 2.82. The molecule has 1 aromatic rings. The minimum absolute atomic E-state index is 0.328. The smallest absolute Gasteiger partial charge is 0.240 e. The number of nitrogens with zero attached hydrogens (tertiary/aromatic N) is 1. The van der Waals surface area contributed by atoms with Gasteiger partial charge in [0.1, 0.15) is 5.75 Å². The molecule has 10 heteroatoms. The van der Waals surface area contributed by atoms with E-state index in [1.165, 1.54) is 11.8 Å². The topological polar surface area (TPSA) is 132 Å². The SMILES string of the molecule is COc1ccc(N=C2NC(=O)[C@@H]3S[C@H]([C@@H](O)CO)[C@@H](O)[C@H](O)[C@@H]3S2)cc1.